The maximum atomic E-state index is 13.2. The Kier molecular flexibility index (Phi) is 7.59. The number of halogens is 2. The van der Waals surface area contributed by atoms with Crippen LogP contribution in [0.3, 0.4) is 0 Å². The highest BCUT2D eigenvalue weighted by Gasteiger charge is 2.24. The van der Waals surface area contributed by atoms with Crippen LogP contribution in [0.25, 0.3) is 10.9 Å². The SMILES string of the molecule is Cc1cc(C(=O)N2CCN(Cc3cc(Cl)cc(Cl)c3)CC2)ccc1NS(=O)(=O)c1cccc2cccnc12. The molecular formula is C28H26Cl2N4O3S. The molecule has 10 heteroatoms. The van der Waals surface area contributed by atoms with E-state index in [0.29, 0.717) is 52.0 Å². The van der Waals surface area contributed by atoms with Gasteiger partial charge in [0, 0.05) is 59.9 Å². The van der Waals surface area contributed by atoms with E-state index in [2.05, 4.69) is 14.6 Å². The van der Waals surface area contributed by atoms with E-state index in [1.54, 1.807) is 49.5 Å². The minimum Gasteiger partial charge on any atom is -0.336 e. The molecular weight excluding hydrogens is 543 g/mol. The highest BCUT2D eigenvalue weighted by Crippen LogP contribution is 2.26. The lowest BCUT2D eigenvalue weighted by atomic mass is 10.1. The Morgan fingerprint density at radius 1 is 0.947 bits per heavy atom. The number of carbonyl (C=O) groups is 1. The van der Waals surface area contributed by atoms with Gasteiger partial charge >= 0.3 is 0 Å². The Balaban J connectivity index is 1.25. The molecule has 1 aliphatic heterocycles. The smallest absolute Gasteiger partial charge is 0.264 e. The zero-order valence-electron chi connectivity index (χ0n) is 20.7. The van der Waals surface area contributed by atoms with Gasteiger partial charge in [0.05, 0.1) is 11.2 Å². The van der Waals surface area contributed by atoms with Crippen molar-refractivity contribution in [2.45, 2.75) is 18.4 Å². The molecule has 0 saturated carbocycles. The lowest BCUT2D eigenvalue weighted by Crippen LogP contribution is -2.48. The highest BCUT2D eigenvalue weighted by molar-refractivity contribution is 7.93. The van der Waals surface area contributed by atoms with Crippen LogP contribution in [0.15, 0.2) is 77.8 Å². The van der Waals surface area contributed by atoms with Crippen LogP contribution in [0, 0.1) is 6.92 Å². The highest BCUT2D eigenvalue weighted by atomic mass is 35.5. The molecule has 1 aliphatic rings. The summed E-state index contributed by atoms with van der Waals surface area (Å²) in [6.45, 7) is 5.13. The van der Waals surface area contributed by atoms with Crippen LogP contribution in [0.5, 0.6) is 0 Å². The number of amides is 1. The van der Waals surface area contributed by atoms with Crippen molar-refractivity contribution < 1.29 is 13.2 Å². The van der Waals surface area contributed by atoms with E-state index in [1.165, 1.54) is 6.07 Å². The Labute approximate surface area is 232 Å². The molecule has 5 rings (SSSR count). The molecule has 1 aromatic heterocycles. The molecule has 4 aromatic rings. The predicted octanol–water partition coefficient (Wildman–Crippen LogP) is 5.61. The Morgan fingerprint density at radius 2 is 1.66 bits per heavy atom. The number of benzene rings is 3. The molecule has 0 radical (unpaired) electrons. The van der Waals surface area contributed by atoms with Gasteiger partial charge in [-0.15, -0.1) is 0 Å². The molecule has 3 aromatic carbocycles. The zero-order valence-corrected chi connectivity index (χ0v) is 23.0. The summed E-state index contributed by atoms with van der Waals surface area (Å²) < 4.78 is 29.0. The normalized spacial score (nSPS) is 14.6. The molecule has 38 heavy (non-hydrogen) atoms. The number of nitrogens with one attached hydrogen (secondary N) is 1. The summed E-state index contributed by atoms with van der Waals surface area (Å²) in [5.74, 6) is -0.0776. The summed E-state index contributed by atoms with van der Waals surface area (Å²) in [7, 11) is -3.88. The largest absolute Gasteiger partial charge is 0.336 e. The third-order valence-electron chi connectivity index (χ3n) is 6.59. The number of hydrogen-bond acceptors (Lipinski definition) is 5. The Morgan fingerprint density at radius 3 is 2.37 bits per heavy atom. The van der Waals surface area contributed by atoms with Gasteiger partial charge in [-0.25, -0.2) is 8.42 Å². The number of nitrogens with zero attached hydrogens (tertiary/aromatic N) is 3. The molecule has 0 spiro atoms. The first-order valence-corrected chi connectivity index (χ1v) is 14.4. The number of rotatable bonds is 6. The predicted molar refractivity (Wildman–Crippen MR) is 151 cm³/mol. The molecule has 196 valence electrons. The molecule has 1 fully saturated rings. The maximum absolute atomic E-state index is 13.2. The van der Waals surface area contributed by atoms with Crippen LogP contribution >= 0.6 is 23.2 Å². The summed E-state index contributed by atoms with van der Waals surface area (Å²) in [6.07, 6.45) is 1.57. The molecule has 1 N–H and O–H groups in total. The molecule has 7 nitrogen and oxygen atoms in total. The molecule has 0 unspecified atom stereocenters. The second-order valence-electron chi connectivity index (χ2n) is 9.31. The van der Waals surface area contributed by atoms with Crippen molar-refractivity contribution in [1.82, 2.24) is 14.8 Å². The van der Waals surface area contributed by atoms with Crippen molar-refractivity contribution in [2.24, 2.45) is 0 Å². The summed E-state index contributed by atoms with van der Waals surface area (Å²) >= 11 is 12.2. The van der Waals surface area contributed by atoms with Gasteiger partial charge in [-0.3, -0.25) is 19.4 Å². The summed E-state index contributed by atoms with van der Waals surface area (Å²) in [4.78, 5) is 21.6. The number of hydrogen-bond donors (Lipinski definition) is 1. The van der Waals surface area contributed by atoms with E-state index in [4.69, 9.17) is 23.2 Å². The number of carbonyl (C=O) groups excluding carboxylic acids is 1. The van der Waals surface area contributed by atoms with E-state index in [0.717, 1.165) is 24.0 Å². The van der Waals surface area contributed by atoms with E-state index in [1.807, 2.05) is 29.2 Å². The minimum absolute atomic E-state index is 0.0776. The lowest BCUT2D eigenvalue weighted by Gasteiger charge is -2.35. The number of para-hydroxylation sites is 1. The monoisotopic (exact) mass is 568 g/mol. The van der Waals surface area contributed by atoms with Crippen molar-refractivity contribution >= 4 is 55.7 Å². The maximum Gasteiger partial charge on any atom is 0.264 e. The van der Waals surface area contributed by atoms with Crippen molar-refractivity contribution in [3.63, 3.8) is 0 Å². The third-order valence-corrected chi connectivity index (χ3v) is 8.42. The second-order valence-corrected chi connectivity index (χ2v) is 11.8. The fourth-order valence-electron chi connectivity index (χ4n) is 4.66. The van der Waals surface area contributed by atoms with Gasteiger partial charge in [0.2, 0.25) is 0 Å². The average Bonchev–Trinajstić information content (AvgIpc) is 2.89. The molecule has 0 atom stereocenters. The van der Waals surface area contributed by atoms with Gasteiger partial charge in [0.15, 0.2) is 0 Å². The van der Waals surface area contributed by atoms with Gasteiger partial charge in [0.1, 0.15) is 4.90 Å². The van der Waals surface area contributed by atoms with Crippen LogP contribution in [0.2, 0.25) is 10.0 Å². The van der Waals surface area contributed by atoms with Crippen LogP contribution in [-0.4, -0.2) is 55.3 Å². The number of pyridine rings is 1. The summed E-state index contributed by atoms with van der Waals surface area (Å²) in [6, 6.07) is 19.2. The van der Waals surface area contributed by atoms with Crippen LogP contribution in [0.4, 0.5) is 5.69 Å². The molecule has 2 heterocycles. The topological polar surface area (TPSA) is 82.6 Å². The van der Waals surface area contributed by atoms with Crippen molar-refractivity contribution in [3.05, 3.63) is 99.7 Å². The first-order valence-electron chi connectivity index (χ1n) is 12.1. The van der Waals surface area contributed by atoms with E-state index in [9.17, 15) is 13.2 Å². The minimum atomic E-state index is -3.88. The van der Waals surface area contributed by atoms with E-state index in [-0.39, 0.29) is 10.8 Å². The Bertz CT molecular complexity index is 1590. The van der Waals surface area contributed by atoms with Gasteiger partial charge in [-0.2, -0.15) is 0 Å². The summed E-state index contributed by atoms with van der Waals surface area (Å²) in [5, 5.41) is 1.96. The standard InChI is InChI=1S/C28H26Cl2N4O3S/c1-19-14-22(28(35)34-12-10-33(11-13-34)18-20-15-23(29)17-24(30)16-20)7-8-25(19)32-38(36,37)26-6-2-4-21-5-3-9-31-27(21)26/h2-9,14-17,32H,10-13,18H2,1H3. The fourth-order valence-corrected chi connectivity index (χ4v) is 6.54. The number of aromatic nitrogens is 1. The molecule has 1 saturated heterocycles. The first-order chi connectivity index (χ1) is 18.2. The second kappa shape index (κ2) is 10.9. The van der Waals surface area contributed by atoms with Gasteiger partial charge in [-0.1, -0.05) is 41.4 Å². The molecule has 1 amide bonds. The Hall–Kier alpha value is -3.17. The lowest BCUT2D eigenvalue weighted by molar-refractivity contribution is 0.0628. The first kappa shape index (κ1) is 26.4. The number of piperazine rings is 1. The van der Waals surface area contributed by atoms with E-state index < -0.39 is 10.0 Å². The van der Waals surface area contributed by atoms with Crippen molar-refractivity contribution in [3.8, 4) is 0 Å². The molecule has 0 aliphatic carbocycles. The van der Waals surface area contributed by atoms with Gasteiger partial charge in [0.25, 0.3) is 15.9 Å². The number of aryl methyl sites for hydroxylation is 1. The average molecular weight is 570 g/mol. The number of sulfonamides is 1. The van der Waals surface area contributed by atoms with Gasteiger partial charge < -0.3 is 4.90 Å². The van der Waals surface area contributed by atoms with Crippen molar-refractivity contribution in [1.29, 1.82) is 0 Å². The fraction of sp³-hybridized carbons (Fsp3) is 0.214. The van der Waals surface area contributed by atoms with Crippen LogP contribution < -0.4 is 4.72 Å². The molecule has 0 bridgehead atoms. The zero-order chi connectivity index (χ0) is 26.9. The number of fused-ring (bicyclic) bond motifs is 1. The van der Waals surface area contributed by atoms with Crippen molar-refractivity contribution in [2.75, 3.05) is 30.9 Å². The van der Waals surface area contributed by atoms with E-state index >= 15 is 0 Å². The van der Waals surface area contributed by atoms with Crippen LogP contribution in [0.1, 0.15) is 21.5 Å². The quantitative estimate of drug-likeness (QED) is 0.327. The third kappa shape index (κ3) is 5.78. The van der Waals surface area contributed by atoms with Crippen LogP contribution in [-0.2, 0) is 16.6 Å². The number of anilines is 1. The van der Waals surface area contributed by atoms with Gasteiger partial charge in [-0.05, 0) is 66.6 Å². The summed E-state index contributed by atoms with van der Waals surface area (Å²) in [5.41, 5.74) is 3.04.